The topological polar surface area (TPSA) is 79.2 Å². The number of esters is 1. The summed E-state index contributed by atoms with van der Waals surface area (Å²) in [6.07, 6.45) is 0. The van der Waals surface area contributed by atoms with E-state index in [1.807, 2.05) is 6.07 Å². The van der Waals surface area contributed by atoms with Crippen LogP contribution >= 0.6 is 27.3 Å². The minimum absolute atomic E-state index is 0.0124. The number of thiophene rings is 1. The molecular formula is C14H8BrFN2O3S. The van der Waals surface area contributed by atoms with Crippen molar-refractivity contribution in [3.63, 3.8) is 0 Å². The van der Waals surface area contributed by atoms with Gasteiger partial charge in [-0.15, -0.1) is 11.3 Å². The van der Waals surface area contributed by atoms with Gasteiger partial charge in [-0.2, -0.15) is 5.26 Å². The van der Waals surface area contributed by atoms with E-state index in [0.717, 1.165) is 6.07 Å². The van der Waals surface area contributed by atoms with Gasteiger partial charge in [-0.25, -0.2) is 9.18 Å². The van der Waals surface area contributed by atoms with Gasteiger partial charge in [-0.3, -0.25) is 4.79 Å². The molecule has 1 aromatic heterocycles. The molecule has 112 valence electrons. The van der Waals surface area contributed by atoms with Crippen LogP contribution in [-0.2, 0) is 9.53 Å². The van der Waals surface area contributed by atoms with E-state index in [0.29, 0.717) is 15.0 Å². The van der Waals surface area contributed by atoms with E-state index in [2.05, 4.69) is 21.2 Å². The molecule has 0 fully saturated rings. The minimum Gasteiger partial charge on any atom is -0.452 e. The molecule has 0 aliphatic rings. The Hall–Kier alpha value is -2.24. The number of hydrogen-bond donors (Lipinski definition) is 1. The first-order chi connectivity index (χ1) is 10.5. The standard InChI is InChI=1S/C14H8BrFN2O3S/c15-11-2-1-9(16)5-10(11)14(20)21-7-12(19)18-13-8(6-17)3-4-22-13/h1-5H,7H2,(H,18,19). The van der Waals surface area contributed by atoms with Crippen molar-refractivity contribution in [2.24, 2.45) is 0 Å². The van der Waals surface area contributed by atoms with E-state index < -0.39 is 24.3 Å². The summed E-state index contributed by atoms with van der Waals surface area (Å²) in [5.41, 5.74) is 0.319. The Morgan fingerprint density at radius 1 is 1.41 bits per heavy atom. The fourth-order valence-corrected chi connectivity index (χ4v) is 2.68. The van der Waals surface area contributed by atoms with Crippen molar-refractivity contribution >= 4 is 44.1 Å². The first kappa shape index (κ1) is 16.1. The number of carbonyl (C=O) groups excluding carboxylic acids is 2. The molecule has 22 heavy (non-hydrogen) atoms. The average molecular weight is 383 g/mol. The van der Waals surface area contributed by atoms with Gasteiger partial charge in [0.15, 0.2) is 6.61 Å². The zero-order valence-corrected chi connectivity index (χ0v) is 13.3. The Morgan fingerprint density at radius 2 is 2.18 bits per heavy atom. The quantitative estimate of drug-likeness (QED) is 0.822. The number of nitriles is 1. The van der Waals surface area contributed by atoms with Gasteiger partial charge in [0, 0.05) is 4.47 Å². The predicted molar refractivity (Wildman–Crippen MR) is 82.0 cm³/mol. The molecule has 2 rings (SSSR count). The number of nitrogens with one attached hydrogen (secondary N) is 1. The zero-order chi connectivity index (χ0) is 16.1. The zero-order valence-electron chi connectivity index (χ0n) is 10.9. The van der Waals surface area contributed by atoms with Crippen molar-refractivity contribution in [3.8, 4) is 6.07 Å². The van der Waals surface area contributed by atoms with Crippen LogP contribution in [0.3, 0.4) is 0 Å². The van der Waals surface area contributed by atoms with Gasteiger partial charge in [0.1, 0.15) is 16.9 Å². The Kier molecular flexibility index (Phi) is 5.25. The van der Waals surface area contributed by atoms with Crippen LogP contribution in [0.15, 0.2) is 34.1 Å². The monoisotopic (exact) mass is 382 g/mol. The van der Waals surface area contributed by atoms with Crippen LogP contribution in [0.25, 0.3) is 0 Å². The highest BCUT2D eigenvalue weighted by Gasteiger charge is 2.15. The third-order valence-electron chi connectivity index (χ3n) is 2.52. The van der Waals surface area contributed by atoms with E-state index in [9.17, 15) is 14.0 Å². The normalized spacial score (nSPS) is 9.86. The number of halogens is 2. The number of nitrogens with zero attached hydrogens (tertiary/aromatic N) is 1. The molecule has 2 aromatic rings. The van der Waals surface area contributed by atoms with E-state index in [-0.39, 0.29) is 5.56 Å². The first-order valence-corrected chi connectivity index (χ1v) is 7.58. The molecule has 0 saturated carbocycles. The maximum atomic E-state index is 13.1. The highest BCUT2D eigenvalue weighted by molar-refractivity contribution is 9.10. The van der Waals surface area contributed by atoms with Crippen molar-refractivity contribution in [3.05, 3.63) is 51.1 Å². The molecule has 0 atom stereocenters. The molecule has 0 spiro atoms. The molecule has 0 saturated heterocycles. The molecule has 1 aromatic carbocycles. The Morgan fingerprint density at radius 3 is 2.91 bits per heavy atom. The molecule has 0 unspecified atom stereocenters. The predicted octanol–water partition coefficient (Wildman–Crippen LogP) is 3.32. The van der Waals surface area contributed by atoms with Crippen LogP contribution in [0.5, 0.6) is 0 Å². The summed E-state index contributed by atoms with van der Waals surface area (Å²) < 4.78 is 18.3. The summed E-state index contributed by atoms with van der Waals surface area (Å²) in [5.74, 6) is -2.00. The maximum absolute atomic E-state index is 13.1. The first-order valence-electron chi connectivity index (χ1n) is 5.91. The number of anilines is 1. The average Bonchev–Trinajstić information content (AvgIpc) is 2.94. The van der Waals surface area contributed by atoms with Crippen LogP contribution < -0.4 is 5.32 Å². The van der Waals surface area contributed by atoms with Crippen molar-refractivity contribution in [1.82, 2.24) is 0 Å². The number of benzene rings is 1. The van der Waals surface area contributed by atoms with Crippen molar-refractivity contribution in [2.75, 3.05) is 11.9 Å². The van der Waals surface area contributed by atoms with Crippen LogP contribution in [-0.4, -0.2) is 18.5 Å². The molecule has 1 heterocycles. The molecule has 5 nitrogen and oxygen atoms in total. The van der Waals surface area contributed by atoms with E-state index >= 15 is 0 Å². The van der Waals surface area contributed by atoms with Crippen LogP contribution in [0.1, 0.15) is 15.9 Å². The van der Waals surface area contributed by atoms with Gasteiger partial charge >= 0.3 is 5.97 Å². The van der Waals surface area contributed by atoms with Crippen molar-refractivity contribution < 1.29 is 18.7 Å². The molecule has 1 N–H and O–H groups in total. The third kappa shape index (κ3) is 3.90. The largest absolute Gasteiger partial charge is 0.452 e. The molecule has 0 aliphatic carbocycles. The molecule has 0 radical (unpaired) electrons. The van der Waals surface area contributed by atoms with Gasteiger partial charge in [-0.05, 0) is 45.6 Å². The van der Waals surface area contributed by atoms with E-state index in [4.69, 9.17) is 10.00 Å². The second-order valence-corrected chi connectivity index (χ2v) is 5.79. The third-order valence-corrected chi connectivity index (χ3v) is 4.04. The fourth-order valence-electron chi connectivity index (χ4n) is 1.52. The maximum Gasteiger partial charge on any atom is 0.339 e. The van der Waals surface area contributed by atoms with E-state index in [1.54, 1.807) is 11.4 Å². The number of ether oxygens (including phenoxy) is 1. The SMILES string of the molecule is N#Cc1ccsc1NC(=O)COC(=O)c1cc(F)ccc1Br. The fraction of sp³-hybridized carbons (Fsp3) is 0.0714. The Labute approximate surface area is 137 Å². The lowest BCUT2D eigenvalue weighted by atomic mass is 10.2. The summed E-state index contributed by atoms with van der Waals surface area (Å²) in [7, 11) is 0. The Bertz CT molecular complexity index is 770. The van der Waals surface area contributed by atoms with Gasteiger partial charge in [0.25, 0.3) is 5.91 Å². The molecule has 0 aliphatic heterocycles. The van der Waals surface area contributed by atoms with Crippen LogP contribution in [0.2, 0.25) is 0 Å². The number of rotatable bonds is 4. The highest BCUT2D eigenvalue weighted by Crippen LogP contribution is 2.22. The number of hydrogen-bond acceptors (Lipinski definition) is 5. The van der Waals surface area contributed by atoms with E-state index in [1.165, 1.54) is 23.5 Å². The molecule has 1 amide bonds. The number of amides is 1. The smallest absolute Gasteiger partial charge is 0.339 e. The summed E-state index contributed by atoms with van der Waals surface area (Å²) in [4.78, 5) is 23.5. The lowest BCUT2D eigenvalue weighted by Gasteiger charge is -2.07. The Balaban J connectivity index is 1.95. The van der Waals surface area contributed by atoms with Crippen LogP contribution in [0, 0.1) is 17.1 Å². The minimum atomic E-state index is -0.826. The highest BCUT2D eigenvalue weighted by atomic mass is 79.9. The molecular weight excluding hydrogens is 375 g/mol. The second kappa shape index (κ2) is 7.15. The molecule has 8 heteroatoms. The van der Waals surface area contributed by atoms with Gasteiger partial charge < -0.3 is 10.1 Å². The summed E-state index contributed by atoms with van der Waals surface area (Å²) in [6.45, 7) is -0.537. The summed E-state index contributed by atoms with van der Waals surface area (Å²) in [5, 5.41) is 13.3. The van der Waals surface area contributed by atoms with Crippen LogP contribution in [0.4, 0.5) is 9.39 Å². The van der Waals surface area contributed by atoms with Gasteiger partial charge in [-0.1, -0.05) is 0 Å². The second-order valence-electron chi connectivity index (χ2n) is 4.02. The lowest BCUT2D eigenvalue weighted by molar-refractivity contribution is -0.119. The summed E-state index contributed by atoms with van der Waals surface area (Å²) >= 11 is 4.29. The van der Waals surface area contributed by atoms with Crippen molar-refractivity contribution in [2.45, 2.75) is 0 Å². The summed E-state index contributed by atoms with van der Waals surface area (Å²) in [6, 6.07) is 7.06. The molecule has 0 bridgehead atoms. The lowest BCUT2D eigenvalue weighted by Crippen LogP contribution is -2.21. The van der Waals surface area contributed by atoms with Crippen molar-refractivity contribution in [1.29, 1.82) is 5.26 Å². The van der Waals surface area contributed by atoms with Gasteiger partial charge in [0.05, 0.1) is 11.1 Å². The number of carbonyl (C=O) groups is 2. The van der Waals surface area contributed by atoms with Gasteiger partial charge in [0.2, 0.25) is 0 Å².